The van der Waals surface area contributed by atoms with Gasteiger partial charge in [0.2, 0.25) is 0 Å². The van der Waals surface area contributed by atoms with Crippen LogP contribution in [0.25, 0.3) is 0 Å². The number of anilines is 1. The fourth-order valence-electron chi connectivity index (χ4n) is 2.55. The summed E-state index contributed by atoms with van der Waals surface area (Å²) in [7, 11) is 0. The molecule has 0 fully saturated rings. The molecule has 0 spiro atoms. The highest BCUT2D eigenvalue weighted by Crippen LogP contribution is 2.30. The van der Waals surface area contributed by atoms with E-state index in [1.54, 1.807) is 49.4 Å². The molecule has 5 heteroatoms. The van der Waals surface area contributed by atoms with E-state index in [0.717, 1.165) is 5.69 Å². The number of ketones is 1. The summed E-state index contributed by atoms with van der Waals surface area (Å²) in [5, 5.41) is 3.67. The molecule has 0 radical (unpaired) electrons. The summed E-state index contributed by atoms with van der Waals surface area (Å²) in [5.41, 5.74) is 2.38. The molecule has 1 unspecified atom stereocenters. The molecule has 0 saturated heterocycles. The maximum absolute atomic E-state index is 12.4. The van der Waals surface area contributed by atoms with Gasteiger partial charge in [0, 0.05) is 28.3 Å². The number of hydrogen-bond donors (Lipinski definition) is 1. The number of aliphatic imine (C=N–C) groups is 1. The van der Waals surface area contributed by atoms with Crippen molar-refractivity contribution < 1.29 is 9.59 Å². The van der Waals surface area contributed by atoms with E-state index in [4.69, 9.17) is 11.6 Å². The summed E-state index contributed by atoms with van der Waals surface area (Å²) in [5.74, 6) is -0.388. The molecule has 0 bridgehead atoms. The first-order chi connectivity index (χ1) is 11.1. The van der Waals surface area contributed by atoms with Gasteiger partial charge < -0.3 is 5.32 Å². The molecule has 0 aliphatic carbocycles. The molecular formula is C18H15ClN2O2. The van der Waals surface area contributed by atoms with Gasteiger partial charge in [-0.2, -0.15) is 0 Å². The molecule has 2 aromatic rings. The lowest BCUT2D eigenvalue weighted by Gasteiger charge is -2.09. The Kier molecular flexibility index (Phi) is 4.26. The zero-order valence-electron chi connectivity index (χ0n) is 12.5. The van der Waals surface area contributed by atoms with Crippen LogP contribution < -0.4 is 5.32 Å². The standard InChI is InChI=1S/C18H15ClN2O2/c1-2-15(22)17-16(13-10-12(19)8-9-14(13)20-17)21-18(23)11-6-4-3-5-7-11/h3-10,17,20H,2H2,1H3. The van der Waals surface area contributed by atoms with Crippen molar-refractivity contribution in [3.8, 4) is 0 Å². The molecule has 1 aliphatic heterocycles. The Balaban J connectivity index is 2.06. The molecule has 1 N–H and O–H groups in total. The summed E-state index contributed by atoms with van der Waals surface area (Å²) < 4.78 is 0. The number of halogens is 1. The number of benzene rings is 2. The third-order valence-corrected chi connectivity index (χ3v) is 3.98. The second kappa shape index (κ2) is 6.34. The van der Waals surface area contributed by atoms with Crippen LogP contribution in [0.1, 0.15) is 29.3 Å². The molecule has 2 aromatic carbocycles. The quantitative estimate of drug-likeness (QED) is 0.934. The van der Waals surface area contributed by atoms with Gasteiger partial charge >= 0.3 is 0 Å². The monoisotopic (exact) mass is 326 g/mol. The van der Waals surface area contributed by atoms with Crippen LogP contribution in [0.4, 0.5) is 5.69 Å². The molecular weight excluding hydrogens is 312 g/mol. The number of hydrogen-bond acceptors (Lipinski definition) is 3. The predicted octanol–water partition coefficient (Wildman–Crippen LogP) is 3.74. The predicted molar refractivity (Wildman–Crippen MR) is 91.5 cm³/mol. The third-order valence-electron chi connectivity index (χ3n) is 3.74. The van der Waals surface area contributed by atoms with Crippen LogP contribution >= 0.6 is 11.6 Å². The van der Waals surface area contributed by atoms with Gasteiger partial charge in [-0.15, -0.1) is 0 Å². The Morgan fingerprint density at radius 2 is 1.91 bits per heavy atom. The van der Waals surface area contributed by atoms with Crippen molar-refractivity contribution in [2.24, 2.45) is 4.99 Å². The summed E-state index contributed by atoms with van der Waals surface area (Å²) >= 11 is 6.05. The van der Waals surface area contributed by atoms with Gasteiger partial charge in [0.05, 0.1) is 5.71 Å². The molecule has 4 nitrogen and oxygen atoms in total. The van der Waals surface area contributed by atoms with Crippen LogP contribution in [-0.4, -0.2) is 23.4 Å². The van der Waals surface area contributed by atoms with Crippen molar-refractivity contribution in [3.63, 3.8) is 0 Å². The zero-order valence-corrected chi connectivity index (χ0v) is 13.3. The second-order valence-corrected chi connectivity index (χ2v) is 5.69. The molecule has 0 aromatic heterocycles. The van der Waals surface area contributed by atoms with Gasteiger partial charge in [0.1, 0.15) is 6.04 Å². The Morgan fingerprint density at radius 1 is 1.17 bits per heavy atom. The van der Waals surface area contributed by atoms with E-state index in [9.17, 15) is 9.59 Å². The number of carbonyl (C=O) groups is 2. The van der Waals surface area contributed by atoms with Crippen molar-refractivity contribution in [1.29, 1.82) is 0 Å². The lowest BCUT2D eigenvalue weighted by Crippen LogP contribution is -2.32. The minimum Gasteiger partial charge on any atom is -0.370 e. The van der Waals surface area contributed by atoms with Crippen LogP contribution in [0.15, 0.2) is 53.5 Å². The smallest absolute Gasteiger partial charge is 0.277 e. The molecule has 23 heavy (non-hydrogen) atoms. The number of carbonyl (C=O) groups excluding carboxylic acids is 2. The van der Waals surface area contributed by atoms with E-state index < -0.39 is 6.04 Å². The number of rotatable bonds is 3. The highest BCUT2D eigenvalue weighted by atomic mass is 35.5. The minimum atomic E-state index is -0.610. The van der Waals surface area contributed by atoms with E-state index in [-0.39, 0.29) is 11.7 Å². The van der Waals surface area contributed by atoms with Gasteiger partial charge in [-0.1, -0.05) is 36.7 Å². The Bertz CT molecular complexity index is 800. The lowest BCUT2D eigenvalue weighted by atomic mass is 10.0. The Labute approximate surface area is 139 Å². The SMILES string of the molecule is CCC(=O)C1Nc2ccc(Cl)cc2C1=NC(=O)c1ccccc1. The molecule has 1 heterocycles. The lowest BCUT2D eigenvalue weighted by molar-refractivity contribution is -0.118. The van der Waals surface area contributed by atoms with Crippen molar-refractivity contribution in [1.82, 2.24) is 0 Å². The average Bonchev–Trinajstić information content (AvgIpc) is 2.93. The second-order valence-electron chi connectivity index (χ2n) is 5.26. The first kappa shape index (κ1) is 15.4. The average molecular weight is 327 g/mol. The van der Waals surface area contributed by atoms with Crippen LogP contribution in [0.2, 0.25) is 5.02 Å². The maximum Gasteiger partial charge on any atom is 0.277 e. The maximum atomic E-state index is 12.4. The van der Waals surface area contributed by atoms with Gasteiger partial charge in [0.25, 0.3) is 5.91 Å². The van der Waals surface area contributed by atoms with Gasteiger partial charge in [-0.25, -0.2) is 4.99 Å². The highest BCUT2D eigenvalue weighted by Gasteiger charge is 2.33. The molecule has 1 amide bonds. The Hall–Kier alpha value is -2.46. The van der Waals surface area contributed by atoms with E-state index in [1.807, 2.05) is 6.07 Å². The van der Waals surface area contributed by atoms with E-state index in [2.05, 4.69) is 10.3 Å². The van der Waals surface area contributed by atoms with Crippen molar-refractivity contribution in [3.05, 3.63) is 64.7 Å². The molecule has 1 aliphatic rings. The van der Waals surface area contributed by atoms with E-state index in [1.165, 1.54) is 0 Å². The summed E-state index contributed by atoms with van der Waals surface area (Å²) in [6, 6.07) is 13.4. The summed E-state index contributed by atoms with van der Waals surface area (Å²) in [6.07, 6.45) is 0.359. The number of nitrogens with one attached hydrogen (secondary N) is 1. The van der Waals surface area contributed by atoms with Crippen molar-refractivity contribution in [2.75, 3.05) is 5.32 Å². The fraction of sp³-hybridized carbons (Fsp3) is 0.167. The van der Waals surface area contributed by atoms with Crippen LogP contribution in [-0.2, 0) is 4.79 Å². The zero-order chi connectivity index (χ0) is 16.4. The first-order valence-electron chi connectivity index (χ1n) is 7.37. The number of Topliss-reactive ketones (excluding diaryl/α,β-unsaturated/α-hetero) is 1. The van der Waals surface area contributed by atoms with Gasteiger partial charge in [-0.05, 0) is 30.3 Å². The summed E-state index contributed by atoms with van der Waals surface area (Å²) in [6.45, 7) is 1.79. The van der Waals surface area contributed by atoms with E-state index in [0.29, 0.717) is 28.3 Å². The third kappa shape index (κ3) is 3.03. The van der Waals surface area contributed by atoms with E-state index >= 15 is 0 Å². The van der Waals surface area contributed by atoms with Gasteiger partial charge in [0.15, 0.2) is 5.78 Å². The number of amides is 1. The number of fused-ring (bicyclic) bond motifs is 1. The summed E-state index contributed by atoms with van der Waals surface area (Å²) in [4.78, 5) is 28.8. The first-order valence-corrected chi connectivity index (χ1v) is 7.75. The number of nitrogens with zero attached hydrogens (tertiary/aromatic N) is 1. The molecule has 1 atom stereocenters. The van der Waals surface area contributed by atoms with Crippen LogP contribution in [0.3, 0.4) is 0 Å². The molecule has 0 saturated carbocycles. The fourth-order valence-corrected chi connectivity index (χ4v) is 2.72. The van der Waals surface area contributed by atoms with Crippen molar-refractivity contribution in [2.45, 2.75) is 19.4 Å². The van der Waals surface area contributed by atoms with Crippen molar-refractivity contribution >= 4 is 34.7 Å². The van der Waals surface area contributed by atoms with Crippen LogP contribution in [0, 0.1) is 0 Å². The highest BCUT2D eigenvalue weighted by molar-refractivity contribution is 6.33. The molecule has 3 rings (SSSR count). The molecule has 116 valence electrons. The van der Waals surface area contributed by atoms with Gasteiger partial charge in [-0.3, -0.25) is 9.59 Å². The largest absolute Gasteiger partial charge is 0.370 e. The van der Waals surface area contributed by atoms with Crippen LogP contribution in [0.5, 0.6) is 0 Å². The normalized spacial score (nSPS) is 17.7. The minimum absolute atomic E-state index is 0.0167. The Morgan fingerprint density at radius 3 is 2.61 bits per heavy atom. The topological polar surface area (TPSA) is 58.5 Å².